The van der Waals surface area contributed by atoms with Gasteiger partial charge in [-0.15, -0.1) is 0 Å². The molecule has 0 aromatic rings. The van der Waals surface area contributed by atoms with Crippen molar-refractivity contribution in [2.24, 2.45) is 5.92 Å². The van der Waals surface area contributed by atoms with E-state index in [1.165, 1.54) is 0 Å². The standard InChI is InChI=1S/C8H15NO2.C4H6O6/c1-2-11-8(10)7-4-3-5-9-6-7;5-1(3(7)8)2(6)4(9)10/h7,9H,2-6H2,1H3;1-2,5-6H,(H,7,8)(H,9,10)/t;1-,2?/m.1/s1. The molecule has 0 bridgehead atoms. The molecule has 1 saturated heterocycles. The molecule has 3 atom stereocenters. The summed E-state index contributed by atoms with van der Waals surface area (Å²) in [6.07, 6.45) is -2.47. The van der Waals surface area contributed by atoms with Gasteiger partial charge in [0.25, 0.3) is 0 Å². The van der Waals surface area contributed by atoms with E-state index in [1.54, 1.807) is 0 Å². The molecule has 1 heterocycles. The number of piperidine rings is 1. The summed E-state index contributed by atoms with van der Waals surface area (Å²) in [5, 5.41) is 35.7. The van der Waals surface area contributed by atoms with Crippen molar-refractivity contribution in [3.63, 3.8) is 0 Å². The smallest absolute Gasteiger partial charge is 0.335 e. The second-order valence-electron chi connectivity index (χ2n) is 4.36. The first-order chi connectivity index (χ1) is 9.81. The minimum Gasteiger partial charge on any atom is -0.479 e. The molecule has 5 N–H and O–H groups in total. The number of carboxylic acid groups (broad SMARTS) is 2. The lowest BCUT2D eigenvalue weighted by molar-refractivity contribution is -0.165. The van der Waals surface area contributed by atoms with Crippen molar-refractivity contribution >= 4 is 17.9 Å². The second-order valence-corrected chi connectivity index (χ2v) is 4.36. The van der Waals surface area contributed by atoms with Crippen LogP contribution in [0.25, 0.3) is 0 Å². The molecule has 122 valence electrons. The number of aliphatic hydroxyl groups is 2. The minimum absolute atomic E-state index is 0.0419. The third-order valence-corrected chi connectivity index (χ3v) is 2.72. The Labute approximate surface area is 121 Å². The fourth-order valence-electron chi connectivity index (χ4n) is 1.58. The van der Waals surface area contributed by atoms with Crippen LogP contribution in [0.2, 0.25) is 0 Å². The molecular weight excluding hydrogens is 286 g/mol. The summed E-state index contributed by atoms with van der Waals surface area (Å²) in [4.78, 5) is 30.7. The normalized spacial score (nSPS) is 20.4. The molecule has 9 heteroatoms. The third kappa shape index (κ3) is 7.59. The molecular formula is C12H21NO8. The number of carboxylic acids is 2. The van der Waals surface area contributed by atoms with Crippen LogP contribution in [0.3, 0.4) is 0 Å². The summed E-state index contributed by atoms with van der Waals surface area (Å²) in [7, 11) is 0. The Bertz CT molecular complexity index is 335. The van der Waals surface area contributed by atoms with E-state index in [0.29, 0.717) is 6.61 Å². The monoisotopic (exact) mass is 307 g/mol. The lowest BCUT2D eigenvalue weighted by Gasteiger charge is -2.20. The molecule has 9 nitrogen and oxygen atoms in total. The van der Waals surface area contributed by atoms with Crippen LogP contribution in [-0.4, -0.2) is 70.2 Å². The van der Waals surface area contributed by atoms with Crippen molar-refractivity contribution in [1.82, 2.24) is 5.32 Å². The highest BCUT2D eigenvalue weighted by Crippen LogP contribution is 2.11. The van der Waals surface area contributed by atoms with Crippen LogP contribution >= 0.6 is 0 Å². The van der Waals surface area contributed by atoms with Crippen LogP contribution < -0.4 is 5.32 Å². The Kier molecular flexibility index (Phi) is 9.26. The molecule has 21 heavy (non-hydrogen) atoms. The fraction of sp³-hybridized carbons (Fsp3) is 0.750. The van der Waals surface area contributed by atoms with E-state index in [2.05, 4.69) is 5.32 Å². The summed E-state index contributed by atoms with van der Waals surface area (Å²) in [5.41, 5.74) is 0. The summed E-state index contributed by atoms with van der Waals surface area (Å²) in [6.45, 7) is 4.16. The number of aliphatic hydroxyl groups excluding tert-OH is 2. The van der Waals surface area contributed by atoms with Gasteiger partial charge in [-0.05, 0) is 26.3 Å². The Balaban J connectivity index is 0.000000384. The summed E-state index contributed by atoms with van der Waals surface area (Å²) in [6, 6.07) is 0. The summed E-state index contributed by atoms with van der Waals surface area (Å²) >= 11 is 0. The molecule has 0 radical (unpaired) electrons. The Morgan fingerprint density at radius 3 is 2.05 bits per heavy atom. The van der Waals surface area contributed by atoms with E-state index in [-0.39, 0.29) is 11.9 Å². The molecule has 0 spiro atoms. The van der Waals surface area contributed by atoms with Crippen molar-refractivity contribution < 1.29 is 39.5 Å². The van der Waals surface area contributed by atoms with E-state index in [1.807, 2.05) is 6.92 Å². The highest BCUT2D eigenvalue weighted by molar-refractivity contribution is 5.83. The molecule has 0 amide bonds. The number of rotatable bonds is 5. The first-order valence-electron chi connectivity index (χ1n) is 6.50. The Morgan fingerprint density at radius 1 is 1.19 bits per heavy atom. The van der Waals surface area contributed by atoms with E-state index < -0.39 is 24.1 Å². The van der Waals surface area contributed by atoms with Gasteiger partial charge in [0.15, 0.2) is 12.2 Å². The zero-order valence-electron chi connectivity index (χ0n) is 11.7. The molecule has 0 aliphatic carbocycles. The fourth-order valence-corrected chi connectivity index (χ4v) is 1.58. The van der Waals surface area contributed by atoms with Gasteiger partial charge < -0.3 is 30.5 Å². The Morgan fingerprint density at radius 2 is 1.71 bits per heavy atom. The maximum Gasteiger partial charge on any atom is 0.335 e. The average Bonchev–Trinajstić information content (AvgIpc) is 2.47. The van der Waals surface area contributed by atoms with E-state index in [4.69, 9.17) is 25.2 Å². The van der Waals surface area contributed by atoms with E-state index in [9.17, 15) is 14.4 Å². The molecule has 0 saturated carbocycles. The third-order valence-electron chi connectivity index (χ3n) is 2.72. The number of carbonyl (C=O) groups excluding carboxylic acids is 1. The predicted molar refractivity (Wildman–Crippen MR) is 69.5 cm³/mol. The van der Waals surface area contributed by atoms with Crippen LogP contribution in [0.5, 0.6) is 0 Å². The van der Waals surface area contributed by atoms with Gasteiger partial charge in [0.2, 0.25) is 0 Å². The number of hydrogen-bond acceptors (Lipinski definition) is 7. The predicted octanol–water partition coefficient (Wildman–Crippen LogP) is -1.57. The van der Waals surface area contributed by atoms with Gasteiger partial charge in [0, 0.05) is 6.54 Å². The second kappa shape index (κ2) is 10.1. The highest BCUT2D eigenvalue weighted by Gasteiger charge is 2.29. The van der Waals surface area contributed by atoms with Gasteiger partial charge in [0.1, 0.15) is 0 Å². The van der Waals surface area contributed by atoms with Crippen LogP contribution in [0, 0.1) is 5.92 Å². The summed E-state index contributed by atoms with van der Waals surface area (Å²) < 4.78 is 4.90. The summed E-state index contributed by atoms with van der Waals surface area (Å²) in [5.74, 6) is -3.48. The van der Waals surface area contributed by atoms with Gasteiger partial charge >= 0.3 is 17.9 Å². The van der Waals surface area contributed by atoms with Crippen molar-refractivity contribution in [1.29, 1.82) is 0 Å². The SMILES string of the molecule is CCOC(=O)C1CCCNC1.O=C(O)C(O)[C@@H](O)C(=O)O. The number of nitrogens with one attached hydrogen (secondary N) is 1. The number of carbonyl (C=O) groups is 3. The van der Waals surface area contributed by atoms with E-state index in [0.717, 1.165) is 25.9 Å². The average molecular weight is 307 g/mol. The largest absolute Gasteiger partial charge is 0.479 e. The van der Waals surface area contributed by atoms with Crippen molar-refractivity contribution in [3.05, 3.63) is 0 Å². The molecule has 1 fully saturated rings. The van der Waals surface area contributed by atoms with Crippen LogP contribution in [0.15, 0.2) is 0 Å². The van der Waals surface area contributed by atoms with Gasteiger partial charge in [-0.2, -0.15) is 0 Å². The molecule has 2 unspecified atom stereocenters. The van der Waals surface area contributed by atoms with Gasteiger partial charge in [-0.3, -0.25) is 4.79 Å². The van der Waals surface area contributed by atoms with Crippen LogP contribution in [0.4, 0.5) is 0 Å². The zero-order chi connectivity index (χ0) is 16.4. The Hall–Kier alpha value is -1.71. The first-order valence-corrected chi connectivity index (χ1v) is 6.50. The van der Waals surface area contributed by atoms with Crippen LogP contribution in [0.1, 0.15) is 19.8 Å². The molecule has 1 rings (SSSR count). The number of hydrogen-bond donors (Lipinski definition) is 5. The lowest BCUT2D eigenvalue weighted by Crippen LogP contribution is -2.39. The topological polar surface area (TPSA) is 153 Å². The van der Waals surface area contributed by atoms with Crippen molar-refractivity contribution in [3.8, 4) is 0 Å². The molecule has 1 aliphatic rings. The maximum atomic E-state index is 11.1. The molecule has 0 aromatic carbocycles. The van der Waals surface area contributed by atoms with Gasteiger partial charge in [-0.1, -0.05) is 0 Å². The minimum atomic E-state index is -2.27. The van der Waals surface area contributed by atoms with Crippen LogP contribution in [-0.2, 0) is 19.1 Å². The first kappa shape index (κ1) is 19.3. The zero-order valence-corrected chi connectivity index (χ0v) is 11.7. The number of ether oxygens (including phenoxy) is 1. The van der Waals surface area contributed by atoms with E-state index >= 15 is 0 Å². The lowest BCUT2D eigenvalue weighted by atomic mass is 10.0. The number of aliphatic carboxylic acids is 2. The van der Waals surface area contributed by atoms with Crippen molar-refractivity contribution in [2.45, 2.75) is 32.0 Å². The quantitative estimate of drug-likeness (QED) is 0.379. The maximum absolute atomic E-state index is 11.1. The highest BCUT2D eigenvalue weighted by atomic mass is 16.5. The molecule has 1 aliphatic heterocycles. The molecule has 0 aromatic heterocycles. The van der Waals surface area contributed by atoms with Crippen molar-refractivity contribution in [2.75, 3.05) is 19.7 Å². The van der Waals surface area contributed by atoms with Gasteiger partial charge in [-0.25, -0.2) is 9.59 Å². The van der Waals surface area contributed by atoms with Gasteiger partial charge in [0.05, 0.1) is 12.5 Å². The number of esters is 1.